The molecule has 128 valence electrons. The highest BCUT2D eigenvalue weighted by Gasteiger charge is 2.44. The zero-order valence-corrected chi connectivity index (χ0v) is 14.3. The molecule has 0 saturated carbocycles. The SMILES string of the molecule is CCc1noc2ncc(C(=O)N3CC4(CCNCC4)CC3C)cc12. The Kier molecular flexibility index (Phi) is 3.79. The van der Waals surface area contributed by atoms with Crippen LogP contribution < -0.4 is 5.32 Å². The molecule has 0 bridgehead atoms. The van der Waals surface area contributed by atoms with Gasteiger partial charge >= 0.3 is 0 Å². The highest BCUT2D eigenvalue weighted by Crippen LogP contribution is 2.42. The molecule has 2 aromatic heterocycles. The number of carbonyl (C=O) groups excluding carboxylic acids is 1. The van der Waals surface area contributed by atoms with Crippen molar-refractivity contribution in [2.45, 2.75) is 45.6 Å². The topological polar surface area (TPSA) is 71.3 Å². The molecule has 0 aliphatic carbocycles. The summed E-state index contributed by atoms with van der Waals surface area (Å²) in [7, 11) is 0. The Hall–Kier alpha value is -1.95. The van der Waals surface area contributed by atoms with Crippen molar-refractivity contribution in [1.82, 2.24) is 20.4 Å². The van der Waals surface area contributed by atoms with Gasteiger partial charge in [-0.2, -0.15) is 0 Å². The smallest absolute Gasteiger partial charge is 0.257 e. The molecule has 1 spiro atoms. The molecule has 2 fully saturated rings. The van der Waals surface area contributed by atoms with Crippen LogP contribution in [-0.2, 0) is 6.42 Å². The van der Waals surface area contributed by atoms with Crippen molar-refractivity contribution < 1.29 is 9.32 Å². The van der Waals surface area contributed by atoms with Gasteiger partial charge in [0.15, 0.2) is 0 Å². The Labute approximate surface area is 141 Å². The summed E-state index contributed by atoms with van der Waals surface area (Å²) >= 11 is 0. The third kappa shape index (κ3) is 2.49. The van der Waals surface area contributed by atoms with Crippen LogP contribution in [0, 0.1) is 5.41 Å². The molecule has 6 heteroatoms. The van der Waals surface area contributed by atoms with E-state index in [4.69, 9.17) is 4.52 Å². The molecule has 2 saturated heterocycles. The Bertz CT molecular complexity index is 763. The first kappa shape index (κ1) is 15.6. The molecule has 24 heavy (non-hydrogen) atoms. The maximum absolute atomic E-state index is 13.1. The molecule has 1 N–H and O–H groups in total. The Morgan fingerprint density at radius 1 is 1.46 bits per heavy atom. The third-order valence-corrected chi connectivity index (χ3v) is 5.68. The fraction of sp³-hybridized carbons (Fsp3) is 0.611. The third-order valence-electron chi connectivity index (χ3n) is 5.68. The summed E-state index contributed by atoms with van der Waals surface area (Å²) in [6.07, 6.45) is 5.80. The van der Waals surface area contributed by atoms with E-state index < -0.39 is 0 Å². The Morgan fingerprint density at radius 3 is 3.00 bits per heavy atom. The van der Waals surface area contributed by atoms with Gasteiger partial charge in [0.25, 0.3) is 11.6 Å². The minimum atomic E-state index is 0.0792. The average molecular weight is 328 g/mol. The molecule has 2 aromatic rings. The fourth-order valence-electron chi connectivity index (χ4n) is 4.33. The van der Waals surface area contributed by atoms with Crippen molar-refractivity contribution in [3.8, 4) is 0 Å². The van der Waals surface area contributed by atoms with E-state index in [9.17, 15) is 4.79 Å². The van der Waals surface area contributed by atoms with E-state index in [1.807, 2.05) is 17.9 Å². The monoisotopic (exact) mass is 328 g/mol. The molecule has 0 aromatic carbocycles. The van der Waals surface area contributed by atoms with E-state index in [1.54, 1.807) is 6.20 Å². The van der Waals surface area contributed by atoms with Crippen LogP contribution in [-0.4, -0.2) is 46.6 Å². The molecule has 6 nitrogen and oxygen atoms in total. The summed E-state index contributed by atoms with van der Waals surface area (Å²) in [5, 5.41) is 8.30. The van der Waals surface area contributed by atoms with Crippen LogP contribution in [0.15, 0.2) is 16.8 Å². The molecule has 1 amide bonds. The Balaban J connectivity index is 1.61. The number of nitrogens with zero attached hydrogens (tertiary/aromatic N) is 3. The van der Waals surface area contributed by atoms with Crippen molar-refractivity contribution in [3.05, 3.63) is 23.5 Å². The highest BCUT2D eigenvalue weighted by atomic mass is 16.5. The molecule has 2 aliphatic heterocycles. The lowest BCUT2D eigenvalue weighted by molar-refractivity contribution is 0.0723. The van der Waals surface area contributed by atoms with Crippen molar-refractivity contribution in [3.63, 3.8) is 0 Å². The summed E-state index contributed by atoms with van der Waals surface area (Å²) in [5.74, 6) is 0.0792. The number of fused-ring (bicyclic) bond motifs is 1. The molecular formula is C18H24N4O2. The van der Waals surface area contributed by atoms with Crippen LogP contribution in [0.3, 0.4) is 0 Å². The highest BCUT2D eigenvalue weighted by molar-refractivity contribution is 5.97. The van der Waals surface area contributed by atoms with Gasteiger partial charge in [-0.3, -0.25) is 4.79 Å². The van der Waals surface area contributed by atoms with Crippen LogP contribution in [0.25, 0.3) is 11.1 Å². The number of likely N-dealkylation sites (tertiary alicyclic amines) is 1. The second-order valence-corrected chi connectivity index (χ2v) is 7.30. The normalized spacial score (nSPS) is 23.2. The summed E-state index contributed by atoms with van der Waals surface area (Å²) in [4.78, 5) is 19.4. The number of hydrogen-bond acceptors (Lipinski definition) is 5. The second kappa shape index (κ2) is 5.84. The standard InChI is InChI=1S/C18H24N4O2/c1-3-15-14-8-13(10-20-16(14)24-21-15)17(23)22-11-18(9-12(22)2)4-6-19-7-5-18/h8,10,12,19H,3-7,9,11H2,1-2H3. The molecule has 1 atom stereocenters. The number of aromatic nitrogens is 2. The van der Waals surface area contributed by atoms with Crippen molar-refractivity contribution in [1.29, 1.82) is 0 Å². The predicted octanol–water partition coefficient (Wildman–Crippen LogP) is 2.39. The summed E-state index contributed by atoms with van der Waals surface area (Å²) < 4.78 is 5.22. The summed E-state index contributed by atoms with van der Waals surface area (Å²) in [6.45, 7) is 7.16. The number of hydrogen-bond donors (Lipinski definition) is 1. The predicted molar refractivity (Wildman–Crippen MR) is 90.8 cm³/mol. The van der Waals surface area contributed by atoms with Gasteiger partial charge in [0.1, 0.15) is 0 Å². The first-order valence-corrected chi connectivity index (χ1v) is 8.88. The van der Waals surface area contributed by atoms with Gasteiger partial charge in [0, 0.05) is 18.8 Å². The van der Waals surface area contributed by atoms with Crippen LogP contribution in [0.5, 0.6) is 0 Å². The lowest BCUT2D eigenvalue weighted by atomic mass is 9.77. The number of nitrogens with one attached hydrogen (secondary N) is 1. The summed E-state index contributed by atoms with van der Waals surface area (Å²) in [6, 6.07) is 2.17. The van der Waals surface area contributed by atoms with Gasteiger partial charge in [0.2, 0.25) is 0 Å². The largest absolute Gasteiger partial charge is 0.336 e. The molecule has 0 radical (unpaired) electrons. The maximum atomic E-state index is 13.1. The zero-order valence-electron chi connectivity index (χ0n) is 14.3. The number of piperidine rings is 1. The maximum Gasteiger partial charge on any atom is 0.257 e. The van der Waals surface area contributed by atoms with Crippen LogP contribution >= 0.6 is 0 Å². The number of pyridine rings is 1. The van der Waals surface area contributed by atoms with Gasteiger partial charge in [0.05, 0.1) is 16.6 Å². The minimum absolute atomic E-state index is 0.0792. The van der Waals surface area contributed by atoms with Crippen molar-refractivity contribution in [2.24, 2.45) is 5.41 Å². The van der Waals surface area contributed by atoms with Crippen LogP contribution in [0.4, 0.5) is 0 Å². The van der Waals surface area contributed by atoms with E-state index in [1.165, 1.54) is 0 Å². The van der Waals surface area contributed by atoms with Gasteiger partial charge < -0.3 is 14.7 Å². The van der Waals surface area contributed by atoms with Gasteiger partial charge in [-0.25, -0.2) is 4.98 Å². The summed E-state index contributed by atoms with van der Waals surface area (Å²) in [5.41, 5.74) is 2.30. The van der Waals surface area contributed by atoms with E-state index in [-0.39, 0.29) is 11.9 Å². The molecule has 4 rings (SSSR count). The van der Waals surface area contributed by atoms with E-state index in [0.717, 1.165) is 56.4 Å². The molecule has 1 unspecified atom stereocenters. The number of rotatable bonds is 2. The average Bonchev–Trinajstić information content (AvgIpc) is 3.15. The fourth-order valence-corrected chi connectivity index (χ4v) is 4.33. The zero-order chi connectivity index (χ0) is 16.7. The van der Waals surface area contributed by atoms with Crippen LogP contribution in [0.1, 0.15) is 49.2 Å². The quantitative estimate of drug-likeness (QED) is 0.916. The van der Waals surface area contributed by atoms with E-state index >= 15 is 0 Å². The van der Waals surface area contributed by atoms with Gasteiger partial charge in [-0.1, -0.05) is 12.1 Å². The molecule has 4 heterocycles. The van der Waals surface area contributed by atoms with Crippen molar-refractivity contribution >= 4 is 17.0 Å². The van der Waals surface area contributed by atoms with Crippen molar-refractivity contribution in [2.75, 3.05) is 19.6 Å². The Morgan fingerprint density at radius 2 is 2.25 bits per heavy atom. The van der Waals surface area contributed by atoms with E-state index in [2.05, 4.69) is 22.4 Å². The minimum Gasteiger partial charge on any atom is -0.336 e. The molecular weight excluding hydrogens is 304 g/mol. The van der Waals surface area contributed by atoms with Gasteiger partial charge in [-0.15, -0.1) is 0 Å². The number of aryl methyl sites for hydroxylation is 1. The first-order chi connectivity index (χ1) is 11.6. The number of amides is 1. The first-order valence-electron chi connectivity index (χ1n) is 8.88. The van der Waals surface area contributed by atoms with Gasteiger partial charge in [-0.05, 0) is 57.2 Å². The number of carbonyl (C=O) groups is 1. The van der Waals surface area contributed by atoms with Crippen LogP contribution in [0.2, 0.25) is 0 Å². The van der Waals surface area contributed by atoms with E-state index in [0.29, 0.717) is 16.7 Å². The second-order valence-electron chi connectivity index (χ2n) is 7.30. The molecule has 2 aliphatic rings. The lowest BCUT2D eigenvalue weighted by Gasteiger charge is -2.33. The lowest BCUT2D eigenvalue weighted by Crippen LogP contribution is -2.40.